The predicted octanol–water partition coefficient (Wildman–Crippen LogP) is 2.41. The molecule has 2 aromatic rings. The van der Waals surface area contributed by atoms with Gasteiger partial charge in [0.15, 0.2) is 5.78 Å². The summed E-state index contributed by atoms with van der Waals surface area (Å²) in [6.45, 7) is 4.08. The van der Waals surface area contributed by atoms with Gasteiger partial charge in [0.05, 0.1) is 18.4 Å². The smallest absolute Gasteiger partial charge is 0.273 e. The molecule has 0 radical (unpaired) electrons. The molecule has 2 amide bonds. The highest BCUT2D eigenvalue weighted by molar-refractivity contribution is 5.99. The van der Waals surface area contributed by atoms with Gasteiger partial charge in [-0.3, -0.25) is 25.2 Å². The Morgan fingerprint density at radius 2 is 1.76 bits per heavy atom. The summed E-state index contributed by atoms with van der Waals surface area (Å²) < 4.78 is 10.3. The van der Waals surface area contributed by atoms with Gasteiger partial charge in [-0.1, -0.05) is 0 Å². The summed E-state index contributed by atoms with van der Waals surface area (Å²) in [4.78, 5) is 35.6. The van der Waals surface area contributed by atoms with E-state index in [1.165, 1.54) is 12.3 Å². The molecule has 0 bridgehead atoms. The molecule has 1 aromatic carbocycles. The van der Waals surface area contributed by atoms with Crippen molar-refractivity contribution in [2.45, 2.75) is 26.7 Å². The number of hydrazine groups is 1. The second kappa shape index (κ2) is 8.68. The molecule has 2 N–H and O–H groups in total. The number of amides is 2. The van der Waals surface area contributed by atoms with Crippen molar-refractivity contribution < 1.29 is 23.5 Å². The normalized spacial score (nSPS) is 10.2. The standard InChI is InChI=1S/C18H20N2O5/c1-3-24-14-6-4-13(5-7-14)16(21)8-9-17(22)19-20-18(23)15-10-11-25-12(15)2/h4-7,10-11H,3,8-9H2,1-2H3,(H,19,22)(H,20,23). The van der Waals surface area contributed by atoms with E-state index in [2.05, 4.69) is 10.9 Å². The minimum Gasteiger partial charge on any atom is -0.494 e. The molecule has 0 saturated heterocycles. The van der Waals surface area contributed by atoms with Crippen molar-refractivity contribution in [1.82, 2.24) is 10.9 Å². The van der Waals surface area contributed by atoms with E-state index in [9.17, 15) is 14.4 Å². The van der Waals surface area contributed by atoms with Gasteiger partial charge in [-0.15, -0.1) is 0 Å². The summed E-state index contributed by atoms with van der Waals surface area (Å²) in [6, 6.07) is 8.25. The molecule has 132 valence electrons. The van der Waals surface area contributed by atoms with Gasteiger partial charge in [-0.05, 0) is 44.2 Å². The Hall–Kier alpha value is -3.09. The number of hydrogen-bond donors (Lipinski definition) is 2. The van der Waals surface area contributed by atoms with Gasteiger partial charge in [0.1, 0.15) is 11.5 Å². The molecule has 0 aliphatic heterocycles. The van der Waals surface area contributed by atoms with Crippen LogP contribution in [0.15, 0.2) is 41.0 Å². The molecule has 7 nitrogen and oxygen atoms in total. The van der Waals surface area contributed by atoms with E-state index in [0.29, 0.717) is 29.2 Å². The van der Waals surface area contributed by atoms with E-state index >= 15 is 0 Å². The highest BCUT2D eigenvalue weighted by atomic mass is 16.5. The van der Waals surface area contributed by atoms with Gasteiger partial charge in [0, 0.05) is 18.4 Å². The van der Waals surface area contributed by atoms with Crippen LogP contribution in [-0.4, -0.2) is 24.2 Å². The number of ether oxygens (including phenoxy) is 1. The van der Waals surface area contributed by atoms with Crippen LogP contribution in [0.25, 0.3) is 0 Å². The van der Waals surface area contributed by atoms with Gasteiger partial charge < -0.3 is 9.15 Å². The van der Waals surface area contributed by atoms with Crippen LogP contribution in [0.3, 0.4) is 0 Å². The minimum absolute atomic E-state index is 0.0311. The van der Waals surface area contributed by atoms with E-state index in [1.807, 2.05) is 6.92 Å². The van der Waals surface area contributed by atoms with Crippen LogP contribution in [0.2, 0.25) is 0 Å². The summed E-state index contributed by atoms with van der Waals surface area (Å²) in [5.74, 6) is 0.0629. The zero-order valence-electron chi connectivity index (χ0n) is 14.1. The monoisotopic (exact) mass is 344 g/mol. The SMILES string of the molecule is CCOc1ccc(C(=O)CCC(=O)NNC(=O)c2ccoc2C)cc1. The van der Waals surface area contributed by atoms with Crippen molar-refractivity contribution in [3.05, 3.63) is 53.5 Å². The Balaban J connectivity index is 1.76. The van der Waals surface area contributed by atoms with Crippen LogP contribution in [0.1, 0.15) is 46.2 Å². The molecule has 25 heavy (non-hydrogen) atoms. The molecular formula is C18H20N2O5. The van der Waals surface area contributed by atoms with Crippen molar-refractivity contribution in [3.63, 3.8) is 0 Å². The second-order valence-electron chi connectivity index (χ2n) is 5.27. The fourth-order valence-electron chi connectivity index (χ4n) is 2.15. The number of nitrogens with one attached hydrogen (secondary N) is 2. The van der Waals surface area contributed by atoms with Crippen molar-refractivity contribution in [2.75, 3.05) is 6.61 Å². The Bertz CT molecular complexity index is 749. The highest BCUT2D eigenvalue weighted by Crippen LogP contribution is 2.14. The first-order valence-corrected chi connectivity index (χ1v) is 7.90. The van der Waals surface area contributed by atoms with Crippen molar-refractivity contribution in [2.24, 2.45) is 0 Å². The number of carbonyl (C=O) groups excluding carboxylic acids is 3. The van der Waals surface area contributed by atoms with E-state index in [4.69, 9.17) is 9.15 Å². The minimum atomic E-state index is -0.475. The lowest BCUT2D eigenvalue weighted by Crippen LogP contribution is -2.41. The fourth-order valence-corrected chi connectivity index (χ4v) is 2.15. The average Bonchev–Trinajstić information content (AvgIpc) is 3.04. The Morgan fingerprint density at radius 3 is 2.36 bits per heavy atom. The van der Waals surface area contributed by atoms with Gasteiger partial charge in [0.25, 0.3) is 5.91 Å². The third-order valence-electron chi connectivity index (χ3n) is 3.49. The maximum atomic E-state index is 12.1. The third-order valence-corrected chi connectivity index (χ3v) is 3.49. The van der Waals surface area contributed by atoms with Crippen LogP contribution >= 0.6 is 0 Å². The predicted molar refractivity (Wildman–Crippen MR) is 90.2 cm³/mol. The zero-order valence-corrected chi connectivity index (χ0v) is 14.1. The number of aryl methyl sites for hydroxylation is 1. The molecule has 0 fully saturated rings. The summed E-state index contributed by atoms with van der Waals surface area (Å²) in [6.07, 6.45) is 1.40. The maximum absolute atomic E-state index is 12.1. The lowest BCUT2D eigenvalue weighted by atomic mass is 10.1. The molecule has 0 aliphatic carbocycles. The second-order valence-corrected chi connectivity index (χ2v) is 5.27. The molecule has 1 heterocycles. The number of rotatable bonds is 7. The summed E-state index contributed by atoms with van der Waals surface area (Å²) in [5, 5.41) is 0. The quantitative estimate of drug-likeness (QED) is 0.594. The zero-order chi connectivity index (χ0) is 18.2. The van der Waals surface area contributed by atoms with Crippen LogP contribution < -0.4 is 15.6 Å². The molecular weight excluding hydrogens is 324 g/mol. The lowest BCUT2D eigenvalue weighted by molar-refractivity contribution is -0.121. The van der Waals surface area contributed by atoms with Crippen LogP contribution in [-0.2, 0) is 4.79 Å². The molecule has 0 atom stereocenters. The maximum Gasteiger partial charge on any atom is 0.273 e. The number of carbonyl (C=O) groups is 3. The fraction of sp³-hybridized carbons (Fsp3) is 0.278. The van der Waals surface area contributed by atoms with Gasteiger partial charge in [-0.2, -0.15) is 0 Å². The van der Waals surface area contributed by atoms with Crippen LogP contribution in [0.5, 0.6) is 5.75 Å². The van der Waals surface area contributed by atoms with Crippen molar-refractivity contribution >= 4 is 17.6 Å². The molecule has 2 rings (SSSR count). The summed E-state index contributed by atoms with van der Waals surface area (Å²) in [5.41, 5.74) is 5.41. The first-order valence-electron chi connectivity index (χ1n) is 7.90. The largest absolute Gasteiger partial charge is 0.494 e. The summed E-state index contributed by atoms with van der Waals surface area (Å²) >= 11 is 0. The molecule has 0 spiro atoms. The topological polar surface area (TPSA) is 97.6 Å². The Labute approximate surface area is 145 Å². The van der Waals surface area contributed by atoms with Gasteiger partial charge in [-0.25, -0.2) is 0 Å². The molecule has 0 saturated carbocycles. The lowest BCUT2D eigenvalue weighted by Gasteiger charge is -2.07. The average molecular weight is 344 g/mol. The van der Waals surface area contributed by atoms with Crippen molar-refractivity contribution in [1.29, 1.82) is 0 Å². The van der Waals surface area contributed by atoms with Crippen molar-refractivity contribution in [3.8, 4) is 5.75 Å². The van der Waals surface area contributed by atoms with Crippen LogP contribution in [0, 0.1) is 6.92 Å². The third kappa shape index (κ3) is 5.20. The van der Waals surface area contributed by atoms with Gasteiger partial charge in [0.2, 0.25) is 5.91 Å². The number of furan rings is 1. The van der Waals surface area contributed by atoms with E-state index in [-0.39, 0.29) is 18.6 Å². The first kappa shape index (κ1) is 18.3. The van der Waals surface area contributed by atoms with Crippen LogP contribution in [0.4, 0.5) is 0 Å². The number of hydrogen-bond acceptors (Lipinski definition) is 5. The molecule has 0 aliphatic rings. The van der Waals surface area contributed by atoms with E-state index < -0.39 is 11.8 Å². The highest BCUT2D eigenvalue weighted by Gasteiger charge is 2.13. The van der Waals surface area contributed by atoms with Gasteiger partial charge >= 0.3 is 0 Å². The summed E-state index contributed by atoms with van der Waals surface area (Å²) in [7, 11) is 0. The first-order chi connectivity index (χ1) is 12.0. The van der Waals surface area contributed by atoms with E-state index in [0.717, 1.165) is 0 Å². The molecule has 7 heteroatoms. The molecule has 1 aromatic heterocycles. The number of Topliss-reactive ketones (excluding diaryl/α,β-unsaturated/α-hetero) is 1. The number of ketones is 1. The molecule has 0 unspecified atom stereocenters. The Morgan fingerprint density at radius 1 is 1.04 bits per heavy atom. The Kier molecular flexibility index (Phi) is 6.33. The number of benzene rings is 1. The van der Waals surface area contributed by atoms with E-state index in [1.54, 1.807) is 31.2 Å².